The van der Waals surface area contributed by atoms with Crippen LogP contribution in [0.4, 0.5) is 10.5 Å². The third-order valence-corrected chi connectivity index (χ3v) is 2.87. The number of rotatable bonds is 6. The maximum absolute atomic E-state index is 12.4. The van der Waals surface area contributed by atoms with Gasteiger partial charge in [0.05, 0.1) is 0 Å². The first-order valence-corrected chi connectivity index (χ1v) is 6.45. The van der Waals surface area contributed by atoms with E-state index < -0.39 is 5.97 Å². The second-order valence-electron chi connectivity index (χ2n) is 4.43. The molecule has 1 rings (SSSR count). The van der Waals surface area contributed by atoms with Crippen LogP contribution in [-0.4, -0.2) is 41.6 Å². The van der Waals surface area contributed by atoms with E-state index in [4.69, 9.17) is 5.11 Å². The molecule has 0 aliphatic rings. The zero-order chi connectivity index (χ0) is 15.1. The summed E-state index contributed by atoms with van der Waals surface area (Å²) >= 11 is 0. The molecule has 0 bridgehead atoms. The van der Waals surface area contributed by atoms with Gasteiger partial charge in [-0.25, -0.2) is 4.79 Å². The fraction of sp³-hybridized carbons (Fsp3) is 0.333. The van der Waals surface area contributed by atoms with E-state index in [0.29, 0.717) is 18.8 Å². The number of carbonyl (C=O) groups is 2. The molecule has 20 heavy (non-hydrogen) atoms. The molecule has 108 valence electrons. The normalized spacial score (nSPS) is 9.90. The van der Waals surface area contributed by atoms with Crippen LogP contribution in [0.1, 0.15) is 12.5 Å². The van der Waals surface area contributed by atoms with Gasteiger partial charge in [0, 0.05) is 18.8 Å². The number of anilines is 1. The van der Waals surface area contributed by atoms with Crippen LogP contribution in [0.5, 0.6) is 0 Å². The fourth-order valence-corrected chi connectivity index (χ4v) is 1.80. The Labute approximate surface area is 119 Å². The van der Waals surface area contributed by atoms with Crippen LogP contribution in [0.25, 0.3) is 0 Å². The number of benzene rings is 1. The Balaban J connectivity index is 3.04. The summed E-state index contributed by atoms with van der Waals surface area (Å²) in [7, 11) is 0. The summed E-state index contributed by atoms with van der Waals surface area (Å²) in [5.74, 6) is -1.05. The molecule has 0 aliphatic carbocycles. The Bertz CT molecular complexity index is 482. The predicted molar refractivity (Wildman–Crippen MR) is 79.0 cm³/mol. The van der Waals surface area contributed by atoms with Gasteiger partial charge in [-0.05, 0) is 26.0 Å². The molecule has 0 heterocycles. The van der Waals surface area contributed by atoms with Gasteiger partial charge in [-0.3, -0.25) is 9.69 Å². The number of carboxylic acids is 1. The van der Waals surface area contributed by atoms with Gasteiger partial charge < -0.3 is 10.0 Å². The van der Waals surface area contributed by atoms with Crippen LogP contribution >= 0.6 is 0 Å². The Morgan fingerprint density at radius 3 is 2.35 bits per heavy atom. The third-order valence-electron chi connectivity index (χ3n) is 2.87. The van der Waals surface area contributed by atoms with E-state index in [1.54, 1.807) is 18.2 Å². The molecule has 0 atom stereocenters. The van der Waals surface area contributed by atoms with E-state index in [1.807, 2.05) is 26.0 Å². The van der Waals surface area contributed by atoms with Crippen LogP contribution in [-0.2, 0) is 4.79 Å². The lowest BCUT2D eigenvalue weighted by Crippen LogP contribution is -2.45. The highest BCUT2D eigenvalue weighted by Gasteiger charge is 2.22. The van der Waals surface area contributed by atoms with E-state index in [0.717, 1.165) is 5.56 Å². The molecule has 0 saturated heterocycles. The first kappa shape index (κ1) is 15.8. The Morgan fingerprint density at radius 2 is 1.90 bits per heavy atom. The lowest BCUT2D eigenvalue weighted by molar-refractivity contribution is -0.135. The van der Waals surface area contributed by atoms with Crippen molar-refractivity contribution in [1.82, 2.24) is 4.90 Å². The van der Waals surface area contributed by atoms with Gasteiger partial charge in [-0.2, -0.15) is 0 Å². The number of aryl methyl sites for hydroxylation is 1. The molecule has 0 saturated carbocycles. The minimum atomic E-state index is -1.05. The number of carboxylic acid groups (broad SMARTS) is 1. The van der Waals surface area contributed by atoms with E-state index in [2.05, 4.69) is 6.58 Å². The lowest BCUT2D eigenvalue weighted by Gasteiger charge is -2.28. The summed E-state index contributed by atoms with van der Waals surface area (Å²) in [5.41, 5.74) is 1.63. The van der Waals surface area contributed by atoms with Gasteiger partial charge >= 0.3 is 12.0 Å². The summed E-state index contributed by atoms with van der Waals surface area (Å²) < 4.78 is 0. The minimum absolute atomic E-state index is 0.335. The minimum Gasteiger partial charge on any atom is -0.480 e. The van der Waals surface area contributed by atoms with Crippen molar-refractivity contribution < 1.29 is 14.7 Å². The number of amides is 2. The molecule has 5 heteroatoms. The standard InChI is InChI=1S/C15H20N2O3/c1-4-10-16(5-2)15(20)17(11-14(18)19)13-8-6-12(3)7-9-13/h4,6-9H,1,5,10-11H2,2-3H3,(H,18,19). The van der Waals surface area contributed by atoms with Crippen molar-refractivity contribution in [2.75, 3.05) is 24.5 Å². The molecule has 5 nitrogen and oxygen atoms in total. The molecule has 0 aromatic heterocycles. The number of hydrogen-bond acceptors (Lipinski definition) is 2. The molecule has 1 N–H and O–H groups in total. The molecule has 0 aliphatic heterocycles. The smallest absolute Gasteiger partial charge is 0.325 e. The largest absolute Gasteiger partial charge is 0.480 e. The van der Waals surface area contributed by atoms with Crippen molar-refractivity contribution in [3.05, 3.63) is 42.5 Å². The average Bonchev–Trinajstić information content (AvgIpc) is 2.42. The van der Waals surface area contributed by atoms with Crippen LogP contribution in [0.15, 0.2) is 36.9 Å². The van der Waals surface area contributed by atoms with E-state index in [-0.39, 0.29) is 12.6 Å². The quantitative estimate of drug-likeness (QED) is 0.812. The van der Waals surface area contributed by atoms with Crippen molar-refractivity contribution in [3.63, 3.8) is 0 Å². The first-order chi connectivity index (χ1) is 9.49. The monoisotopic (exact) mass is 276 g/mol. The SMILES string of the molecule is C=CCN(CC)C(=O)N(CC(=O)O)c1ccc(C)cc1. The van der Waals surface area contributed by atoms with E-state index >= 15 is 0 Å². The number of aliphatic carboxylic acids is 1. The second-order valence-corrected chi connectivity index (χ2v) is 4.43. The number of nitrogens with zero attached hydrogens (tertiary/aromatic N) is 2. The third kappa shape index (κ3) is 4.12. The number of hydrogen-bond donors (Lipinski definition) is 1. The summed E-state index contributed by atoms with van der Waals surface area (Å²) in [6, 6.07) is 6.86. The molecule has 0 unspecified atom stereocenters. The Kier molecular flexibility index (Phi) is 5.77. The van der Waals surface area contributed by atoms with Crippen molar-refractivity contribution >= 4 is 17.7 Å². The molecule has 1 aromatic carbocycles. The molecule has 0 radical (unpaired) electrons. The van der Waals surface area contributed by atoms with Crippen LogP contribution in [0.3, 0.4) is 0 Å². The van der Waals surface area contributed by atoms with E-state index in [9.17, 15) is 9.59 Å². The number of urea groups is 1. The molecular weight excluding hydrogens is 256 g/mol. The molecular formula is C15H20N2O3. The Hall–Kier alpha value is -2.30. The van der Waals surface area contributed by atoms with Crippen molar-refractivity contribution in [2.24, 2.45) is 0 Å². The van der Waals surface area contributed by atoms with Gasteiger partial charge in [-0.1, -0.05) is 23.8 Å². The molecule has 2 amide bonds. The first-order valence-electron chi connectivity index (χ1n) is 6.45. The lowest BCUT2D eigenvalue weighted by atomic mass is 10.2. The second kappa shape index (κ2) is 7.33. The maximum Gasteiger partial charge on any atom is 0.325 e. The van der Waals surface area contributed by atoms with Gasteiger partial charge in [0.25, 0.3) is 0 Å². The summed E-state index contributed by atoms with van der Waals surface area (Å²) in [5, 5.41) is 9.00. The van der Waals surface area contributed by atoms with Gasteiger partial charge in [0.1, 0.15) is 6.54 Å². The topological polar surface area (TPSA) is 60.9 Å². The number of carbonyl (C=O) groups excluding carboxylic acids is 1. The van der Waals surface area contributed by atoms with E-state index in [1.165, 1.54) is 9.80 Å². The zero-order valence-corrected chi connectivity index (χ0v) is 11.9. The van der Waals surface area contributed by atoms with Crippen LogP contribution < -0.4 is 4.90 Å². The highest BCUT2D eigenvalue weighted by atomic mass is 16.4. The van der Waals surface area contributed by atoms with Crippen molar-refractivity contribution in [2.45, 2.75) is 13.8 Å². The van der Waals surface area contributed by atoms with Gasteiger partial charge in [0.2, 0.25) is 0 Å². The summed E-state index contributed by atoms with van der Waals surface area (Å²) in [4.78, 5) is 26.2. The highest BCUT2D eigenvalue weighted by molar-refractivity contribution is 5.96. The van der Waals surface area contributed by atoms with Crippen molar-refractivity contribution in [3.8, 4) is 0 Å². The van der Waals surface area contributed by atoms with Crippen LogP contribution in [0.2, 0.25) is 0 Å². The predicted octanol–water partition coefficient (Wildman–Crippen LogP) is 2.51. The van der Waals surface area contributed by atoms with Crippen LogP contribution in [0, 0.1) is 6.92 Å². The highest BCUT2D eigenvalue weighted by Crippen LogP contribution is 2.17. The van der Waals surface area contributed by atoms with Gasteiger partial charge in [-0.15, -0.1) is 6.58 Å². The summed E-state index contributed by atoms with van der Waals surface area (Å²) in [6.45, 7) is 7.90. The maximum atomic E-state index is 12.4. The average molecular weight is 276 g/mol. The van der Waals surface area contributed by atoms with Crippen molar-refractivity contribution in [1.29, 1.82) is 0 Å². The number of likely N-dealkylation sites (N-methyl/N-ethyl adjacent to an activating group) is 1. The molecule has 1 aromatic rings. The molecule has 0 fully saturated rings. The Morgan fingerprint density at radius 1 is 1.30 bits per heavy atom. The summed E-state index contributed by atoms with van der Waals surface area (Å²) in [6.07, 6.45) is 1.62. The zero-order valence-electron chi connectivity index (χ0n) is 11.9. The fourth-order valence-electron chi connectivity index (χ4n) is 1.80. The molecule has 0 spiro atoms. The van der Waals surface area contributed by atoms with Gasteiger partial charge in [0.15, 0.2) is 0 Å².